The van der Waals surface area contributed by atoms with E-state index in [2.05, 4.69) is 5.32 Å². The summed E-state index contributed by atoms with van der Waals surface area (Å²) in [6.45, 7) is 2.03. The Kier molecular flexibility index (Phi) is 7.21. The minimum Gasteiger partial charge on any atom is -0.618 e. The fourth-order valence-electron chi connectivity index (χ4n) is 4.27. The maximum atomic E-state index is 14.7. The Morgan fingerprint density at radius 3 is 2.39 bits per heavy atom. The van der Waals surface area contributed by atoms with E-state index in [4.69, 9.17) is 16.7 Å². The molecule has 3 aromatic rings. The molecule has 0 aliphatic heterocycles. The molecule has 1 heterocycles. The van der Waals surface area contributed by atoms with Crippen LogP contribution in [0.5, 0.6) is 0 Å². The summed E-state index contributed by atoms with van der Waals surface area (Å²) in [5, 5.41) is 24.4. The number of nitrogens with zero attached hydrogens (tertiary/aromatic N) is 1. The highest BCUT2D eigenvalue weighted by molar-refractivity contribution is 6.31. The highest BCUT2D eigenvalue weighted by Crippen LogP contribution is 2.45. The van der Waals surface area contributed by atoms with Gasteiger partial charge in [0.1, 0.15) is 11.7 Å². The Morgan fingerprint density at radius 1 is 1.17 bits per heavy atom. The van der Waals surface area contributed by atoms with Gasteiger partial charge in [-0.15, -0.1) is 0 Å². The van der Waals surface area contributed by atoms with Gasteiger partial charge < -0.3 is 15.6 Å². The molecular weight excluding hydrogens is 497 g/mol. The number of carbonyl (C=O) groups excluding carboxylic acids is 1. The summed E-state index contributed by atoms with van der Waals surface area (Å²) in [6, 6.07) is 10.3. The summed E-state index contributed by atoms with van der Waals surface area (Å²) in [6.07, 6.45) is -0.738. The summed E-state index contributed by atoms with van der Waals surface area (Å²) >= 11 is 5.80. The van der Waals surface area contributed by atoms with E-state index in [0.29, 0.717) is 22.8 Å². The van der Waals surface area contributed by atoms with Crippen molar-refractivity contribution in [3.05, 3.63) is 87.6 Å². The number of aromatic nitrogens is 1. The molecule has 1 fully saturated rings. The van der Waals surface area contributed by atoms with Crippen LogP contribution in [-0.2, 0) is 4.79 Å². The molecule has 1 aliphatic carbocycles. The highest BCUT2D eigenvalue weighted by atomic mass is 35.5. The first-order chi connectivity index (χ1) is 17.1. The summed E-state index contributed by atoms with van der Waals surface area (Å²) in [5.74, 6) is -2.89. The lowest BCUT2D eigenvalue weighted by atomic mass is 9.94. The van der Waals surface area contributed by atoms with Gasteiger partial charge >= 0.3 is 5.97 Å². The molecule has 36 heavy (non-hydrogen) atoms. The molecule has 3 atom stereocenters. The van der Waals surface area contributed by atoms with Crippen LogP contribution in [0.1, 0.15) is 53.7 Å². The predicted octanol–water partition coefficient (Wildman–Crippen LogP) is 6.18. The molecule has 1 saturated carbocycles. The SMILES string of the molecule is C[C@@H]1C[C@H]1C[C@@H](C(=O)Nc1ccc(C(=O)O)cc1)c1ccc(-c2c(C(F)F)ccc(Cl)c2F)c[n+]1[O-]. The maximum Gasteiger partial charge on any atom is 0.335 e. The van der Waals surface area contributed by atoms with Crippen molar-refractivity contribution in [3.63, 3.8) is 0 Å². The molecule has 1 amide bonds. The van der Waals surface area contributed by atoms with Crippen molar-refractivity contribution in [2.75, 3.05) is 5.32 Å². The summed E-state index contributed by atoms with van der Waals surface area (Å²) < 4.78 is 42.1. The van der Waals surface area contributed by atoms with Crippen LogP contribution in [-0.4, -0.2) is 17.0 Å². The topological polar surface area (TPSA) is 93.3 Å². The van der Waals surface area contributed by atoms with Gasteiger partial charge in [-0.3, -0.25) is 4.79 Å². The third-order valence-corrected chi connectivity index (χ3v) is 6.77. The fraction of sp³-hybridized carbons (Fsp3) is 0.269. The van der Waals surface area contributed by atoms with Crippen molar-refractivity contribution in [2.24, 2.45) is 11.8 Å². The Hall–Kier alpha value is -3.59. The minimum absolute atomic E-state index is 0.0563. The quantitative estimate of drug-likeness (QED) is 0.275. The number of carboxylic acid groups (broad SMARTS) is 1. The van der Waals surface area contributed by atoms with Crippen molar-refractivity contribution in [1.29, 1.82) is 0 Å². The first kappa shape index (κ1) is 25.5. The van der Waals surface area contributed by atoms with Crippen molar-refractivity contribution < 1.29 is 32.6 Å². The van der Waals surface area contributed by atoms with Gasteiger partial charge in [-0.2, -0.15) is 4.73 Å². The first-order valence-electron chi connectivity index (χ1n) is 11.2. The largest absolute Gasteiger partial charge is 0.618 e. The summed E-state index contributed by atoms with van der Waals surface area (Å²) in [5.41, 5.74) is -0.665. The van der Waals surface area contributed by atoms with Crippen LogP contribution in [0.4, 0.5) is 18.9 Å². The van der Waals surface area contributed by atoms with E-state index >= 15 is 0 Å². The Morgan fingerprint density at radius 2 is 1.83 bits per heavy atom. The highest BCUT2D eigenvalue weighted by Gasteiger charge is 2.40. The van der Waals surface area contributed by atoms with Gasteiger partial charge in [-0.25, -0.2) is 18.0 Å². The number of alkyl halides is 2. The standard InChI is InChI=1S/C26H22ClF3N2O4/c1-13-10-16(13)11-19(25(33)31-17-5-2-14(3-6-17)26(34)35)21-9-4-15(12-32(21)36)22-18(24(29)30)7-8-20(27)23(22)28/h2-9,12-13,16,19,24H,10-11H2,1H3,(H,31,33)(H,34,35)/t13-,16+,19-/m1/s1. The van der Waals surface area contributed by atoms with E-state index in [1.165, 1.54) is 36.4 Å². The zero-order chi connectivity index (χ0) is 26.1. The van der Waals surface area contributed by atoms with Crippen molar-refractivity contribution in [2.45, 2.75) is 32.1 Å². The molecule has 2 N–H and O–H groups in total. The third kappa shape index (κ3) is 5.31. The molecule has 10 heteroatoms. The second kappa shape index (κ2) is 10.2. The van der Waals surface area contributed by atoms with Gasteiger partial charge in [0.15, 0.2) is 6.20 Å². The van der Waals surface area contributed by atoms with Crippen LogP contribution in [0.2, 0.25) is 5.02 Å². The van der Waals surface area contributed by atoms with E-state index in [9.17, 15) is 28.0 Å². The first-order valence-corrected chi connectivity index (χ1v) is 11.6. The normalized spacial score (nSPS) is 17.6. The monoisotopic (exact) mass is 518 g/mol. The lowest BCUT2D eigenvalue weighted by Crippen LogP contribution is -2.37. The molecule has 0 unspecified atom stereocenters. The van der Waals surface area contributed by atoms with Crippen molar-refractivity contribution >= 4 is 29.2 Å². The van der Waals surface area contributed by atoms with Crippen LogP contribution in [0.3, 0.4) is 0 Å². The number of hydrogen-bond donors (Lipinski definition) is 2. The van der Waals surface area contributed by atoms with Crippen LogP contribution in [0, 0.1) is 22.9 Å². The number of anilines is 1. The Balaban J connectivity index is 1.67. The van der Waals surface area contributed by atoms with Gasteiger partial charge in [0.2, 0.25) is 11.6 Å². The van der Waals surface area contributed by atoms with E-state index in [1.807, 2.05) is 6.92 Å². The third-order valence-electron chi connectivity index (χ3n) is 6.48. The molecule has 188 valence electrons. The average molecular weight is 519 g/mol. The molecule has 0 radical (unpaired) electrons. The van der Waals surface area contributed by atoms with Gasteiger partial charge in [0.25, 0.3) is 6.43 Å². The van der Waals surface area contributed by atoms with Crippen LogP contribution in [0.25, 0.3) is 11.1 Å². The summed E-state index contributed by atoms with van der Waals surface area (Å²) in [4.78, 5) is 24.2. The number of pyridine rings is 1. The number of aromatic carboxylic acids is 1. The number of carbonyl (C=O) groups is 2. The predicted molar refractivity (Wildman–Crippen MR) is 127 cm³/mol. The molecule has 0 bridgehead atoms. The van der Waals surface area contributed by atoms with E-state index in [-0.39, 0.29) is 27.8 Å². The fourth-order valence-corrected chi connectivity index (χ4v) is 4.43. The Labute approximate surface area is 209 Å². The van der Waals surface area contributed by atoms with Gasteiger partial charge in [0, 0.05) is 22.9 Å². The molecule has 1 aromatic heterocycles. The van der Waals surface area contributed by atoms with Gasteiger partial charge in [-0.05, 0) is 61.1 Å². The molecule has 2 aromatic carbocycles. The molecule has 0 saturated heterocycles. The second-order valence-corrected chi connectivity index (χ2v) is 9.34. The van der Waals surface area contributed by atoms with Crippen LogP contribution < -0.4 is 10.0 Å². The van der Waals surface area contributed by atoms with Crippen LogP contribution >= 0.6 is 11.6 Å². The number of amides is 1. The number of rotatable bonds is 8. The van der Waals surface area contributed by atoms with Gasteiger partial charge in [0.05, 0.1) is 16.1 Å². The zero-order valence-corrected chi connectivity index (χ0v) is 19.8. The number of hydrogen-bond acceptors (Lipinski definition) is 3. The zero-order valence-electron chi connectivity index (χ0n) is 19.1. The van der Waals surface area contributed by atoms with E-state index in [0.717, 1.165) is 24.8 Å². The Bertz CT molecular complexity index is 1320. The van der Waals surface area contributed by atoms with Gasteiger partial charge in [-0.1, -0.05) is 24.6 Å². The maximum absolute atomic E-state index is 14.7. The van der Waals surface area contributed by atoms with Crippen molar-refractivity contribution in [3.8, 4) is 11.1 Å². The van der Waals surface area contributed by atoms with E-state index < -0.39 is 41.2 Å². The minimum atomic E-state index is -2.99. The molecule has 0 spiro atoms. The summed E-state index contributed by atoms with van der Waals surface area (Å²) in [7, 11) is 0. The molecule has 1 aliphatic rings. The molecule has 4 rings (SSSR count). The smallest absolute Gasteiger partial charge is 0.335 e. The number of nitrogens with one attached hydrogen (secondary N) is 1. The van der Waals surface area contributed by atoms with Crippen LogP contribution in [0.15, 0.2) is 54.7 Å². The number of benzene rings is 2. The second-order valence-electron chi connectivity index (χ2n) is 8.93. The molecule has 6 nitrogen and oxygen atoms in total. The average Bonchev–Trinajstić information content (AvgIpc) is 3.53. The van der Waals surface area contributed by atoms with Crippen molar-refractivity contribution in [1.82, 2.24) is 0 Å². The lowest BCUT2D eigenvalue weighted by molar-refractivity contribution is -0.614. The lowest BCUT2D eigenvalue weighted by Gasteiger charge is -2.18. The number of carboxylic acids is 1. The van der Waals surface area contributed by atoms with E-state index in [1.54, 1.807) is 0 Å². The number of halogens is 4. The molecular formula is C26H22ClF3N2O4.